The molecule has 2 aromatic rings. The minimum Gasteiger partial charge on any atom is -0.372 e. The molecule has 8 N–H and O–H groups in total. The van der Waals surface area contributed by atoms with Crippen molar-refractivity contribution in [1.29, 1.82) is 0 Å². The molecule has 0 spiro atoms. The first-order valence-corrected chi connectivity index (χ1v) is 30.5. The smallest absolute Gasteiger partial charge is 0.254 e. The van der Waals surface area contributed by atoms with Gasteiger partial charge in [-0.2, -0.15) is 0 Å². The van der Waals surface area contributed by atoms with E-state index in [0.717, 1.165) is 37.7 Å². The van der Waals surface area contributed by atoms with Crippen molar-refractivity contribution >= 4 is 53.2 Å². The zero-order valence-corrected chi connectivity index (χ0v) is 53.3. The Morgan fingerprint density at radius 1 is 0.588 bits per heavy atom. The SMILES string of the molecule is CC(C)C[C@H](NC(=O)[C@H](CCC1CCCCC1)NC(=O)[C@@H]1C[C@@H](OCc2ccccc2)CN1C(=O)c1ccc(F)cc1)C(=O)NC(C)(C)C(=O)N[C@@H](CC(C)C)C(=O)N[C@@H](CC(C)C)C(=O)NC(C)(C)C(=O)NC(C)(C)C(=O)N[C@@H](C)CN(C)C. The molecule has 1 aliphatic carbocycles. The monoisotopic (exact) mass is 1190 g/mol. The van der Waals surface area contributed by atoms with Crippen molar-refractivity contribution in [2.75, 3.05) is 27.2 Å². The van der Waals surface area contributed by atoms with Gasteiger partial charge in [0.15, 0.2) is 0 Å². The first-order valence-electron chi connectivity index (χ1n) is 30.5. The molecule has 1 saturated carbocycles. The molecular weight excluding hydrogens is 1090 g/mol. The summed E-state index contributed by atoms with van der Waals surface area (Å²) in [6.45, 7) is 23.0. The predicted molar refractivity (Wildman–Crippen MR) is 326 cm³/mol. The minimum absolute atomic E-state index is 0.0687. The average molecular weight is 1190 g/mol. The van der Waals surface area contributed by atoms with Gasteiger partial charge >= 0.3 is 0 Å². The van der Waals surface area contributed by atoms with Crippen LogP contribution < -0.4 is 42.5 Å². The van der Waals surface area contributed by atoms with Crippen LogP contribution in [-0.2, 0) is 49.7 Å². The van der Waals surface area contributed by atoms with Crippen molar-refractivity contribution in [3.05, 3.63) is 71.5 Å². The van der Waals surface area contributed by atoms with E-state index in [-0.39, 0.29) is 74.6 Å². The van der Waals surface area contributed by atoms with Crippen molar-refractivity contribution < 1.29 is 52.3 Å². The fraction of sp³-hybridized carbons (Fsp3) is 0.672. The number of benzene rings is 2. The number of hydrogen-bond donors (Lipinski definition) is 8. The lowest BCUT2D eigenvalue weighted by Crippen LogP contribution is -2.65. The molecule has 9 amide bonds. The number of nitrogens with one attached hydrogen (secondary N) is 8. The molecule has 2 fully saturated rings. The molecule has 2 aliphatic rings. The zero-order valence-electron chi connectivity index (χ0n) is 53.3. The summed E-state index contributed by atoms with van der Waals surface area (Å²) < 4.78 is 20.3. The van der Waals surface area contributed by atoms with Crippen LogP contribution in [0.2, 0.25) is 0 Å². The number of halogens is 1. The summed E-state index contributed by atoms with van der Waals surface area (Å²) in [6, 6.07) is 8.69. The molecule has 1 saturated heterocycles. The molecule has 4 rings (SSSR count). The second-order valence-electron chi connectivity index (χ2n) is 26.8. The van der Waals surface area contributed by atoms with Gasteiger partial charge in [0.2, 0.25) is 47.3 Å². The zero-order chi connectivity index (χ0) is 63.6. The van der Waals surface area contributed by atoms with E-state index in [9.17, 15) is 47.5 Å². The van der Waals surface area contributed by atoms with E-state index in [1.807, 2.05) is 97.8 Å². The van der Waals surface area contributed by atoms with Crippen LogP contribution in [0.3, 0.4) is 0 Å². The van der Waals surface area contributed by atoms with E-state index in [4.69, 9.17) is 4.74 Å². The minimum atomic E-state index is -1.66. The van der Waals surface area contributed by atoms with E-state index in [2.05, 4.69) is 42.5 Å². The molecule has 2 aromatic carbocycles. The second-order valence-corrected chi connectivity index (χ2v) is 26.8. The third-order valence-electron chi connectivity index (χ3n) is 15.5. The Morgan fingerprint density at radius 2 is 1.07 bits per heavy atom. The van der Waals surface area contributed by atoms with Gasteiger partial charge in [0.05, 0.1) is 12.7 Å². The summed E-state index contributed by atoms with van der Waals surface area (Å²) >= 11 is 0. The van der Waals surface area contributed by atoms with Crippen molar-refractivity contribution in [2.45, 2.75) is 226 Å². The summed E-state index contributed by atoms with van der Waals surface area (Å²) in [7, 11) is 3.76. The lowest BCUT2D eigenvalue weighted by Gasteiger charge is -2.34. The van der Waals surface area contributed by atoms with E-state index >= 15 is 0 Å². The predicted octanol–water partition coefficient (Wildman–Crippen LogP) is 5.81. The molecule has 0 radical (unpaired) electrons. The van der Waals surface area contributed by atoms with Gasteiger partial charge in [-0.1, -0.05) is 104 Å². The van der Waals surface area contributed by atoms with E-state index in [1.54, 1.807) is 13.8 Å². The fourth-order valence-electron chi connectivity index (χ4n) is 10.7. The highest BCUT2D eigenvalue weighted by Gasteiger charge is 2.44. The van der Waals surface area contributed by atoms with E-state index in [1.165, 1.54) is 56.9 Å². The van der Waals surface area contributed by atoms with Crippen LogP contribution in [0.15, 0.2) is 54.6 Å². The van der Waals surface area contributed by atoms with Crippen molar-refractivity contribution in [3.8, 4) is 0 Å². The van der Waals surface area contributed by atoms with Crippen LogP contribution >= 0.6 is 0 Å². The molecular formula is C64H101FN10O10. The van der Waals surface area contributed by atoms with Crippen molar-refractivity contribution in [2.24, 2.45) is 23.7 Å². The van der Waals surface area contributed by atoms with E-state index < -0.39 is 112 Å². The summed E-state index contributed by atoms with van der Waals surface area (Å²) in [5.74, 6) is -6.02. The van der Waals surface area contributed by atoms with Gasteiger partial charge in [-0.3, -0.25) is 43.2 Å². The third-order valence-corrected chi connectivity index (χ3v) is 15.5. The van der Waals surface area contributed by atoms with Gasteiger partial charge in [0.1, 0.15) is 52.6 Å². The number of carbonyl (C=O) groups excluding carboxylic acids is 9. The van der Waals surface area contributed by atoms with E-state index in [0.29, 0.717) is 18.9 Å². The lowest BCUT2D eigenvalue weighted by atomic mass is 9.85. The van der Waals surface area contributed by atoms with Gasteiger partial charge in [-0.15, -0.1) is 0 Å². The topological polar surface area (TPSA) is 266 Å². The summed E-state index contributed by atoms with van der Waals surface area (Å²) in [4.78, 5) is 131. The number of ether oxygens (including phenoxy) is 1. The number of hydrogen-bond acceptors (Lipinski definition) is 11. The number of rotatable bonds is 31. The highest BCUT2D eigenvalue weighted by Crippen LogP contribution is 2.29. The molecule has 21 heteroatoms. The maximum atomic E-state index is 14.7. The van der Waals surface area contributed by atoms with Crippen LogP contribution in [0.1, 0.15) is 177 Å². The Kier molecular flexibility index (Phi) is 27.0. The second kappa shape index (κ2) is 32.3. The van der Waals surface area contributed by atoms with Gasteiger partial charge in [0.25, 0.3) is 5.91 Å². The fourth-order valence-corrected chi connectivity index (χ4v) is 10.7. The highest BCUT2D eigenvalue weighted by molar-refractivity contribution is 6.01. The Hall–Kier alpha value is -6.48. The largest absolute Gasteiger partial charge is 0.372 e. The number of nitrogens with zero attached hydrogens (tertiary/aromatic N) is 2. The Morgan fingerprint density at radius 3 is 1.59 bits per heavy atom. The van der Waals surface area contributed by atoms with Crippen molar-refractivity contribution in [1.82, 2.24) is 52.3 Å². The molecule has 1 heterocycles. The Labute approximate surface area is 504 Å². The summed E-state index contributed by atoms with van der Waals surface area (Å²) in [5.41, 5.74) is -3.46. The van der Waals surface area contributed by atoms with Crippen LogP contribution in [0.5, 0.6) is 0 Å². The standard InChI is InChI=1S/C64H101FN10O10/c1-39(2)32-49(54(77)69-51(34-41(5)6)56(79)72-64(12,13)61(84)73-63(10,11)59(82)66-42(7)36-74(14)15)70-60(83)62(8,9)71-55(78)50(33-40(3)4)68-53(76)48(31-26-43-22-18-16-19-23-43)67-57(80)52-35-47(85-38-44-24-20-17-21-25-44)37-75(52)58(81)45-27-29-46(65)30-28-45/h17,20-21,24-25,27-30,39-43,47-52H,16,18-19,22-23,26,31-38H2,1-15H3,(H,66,82)(H,67,80)(H,68,76)(H,69,77)(H,70,83)(H,71,78)(H,72,79)(H,73,84)/t42-,47+,48-,49-,50-,51-,52-/m0/s1. The third kappa shape index (κ3) is 23.0. The van der Waals surface area contributed by atoms with Crippen LogP contribution in [0.25, 0.3) is 0 Å². The first-order chi connectivity index (χ1) is 39.7. The molecule has 20 nitrogen and oxygen atoms in total. The van der Waals surface area contributed by atoms with Crippen LogP contribution in [0, 0.1) is 29.5 Å². The molecule has 0 bridgehead atoms. The van der Waals surface area contributed by atoms with Gasteiger partial charge in [-0.25, -0.2) is 4.39 Å². The maximum absolute atomic E-state index is 14.7. The number of likely N-dealkylation sites (tertiary alicyclic amines) is 1. The van der Waals surface area contributed by atoms with Crippen LogP contribution in [-0.4, -0.2) is 149 Å². The quantitative estimate of drug-likeness (QED) is 0.0446. The summed E-state index contributed by atoms with van der Waals surface area (Å²) in [6.07, 6.45) is 6.13. The maximum Gasteiger partial charge on any atom is 0.254 e. The Balaban J connectivity index is 1.51. The van der Waals surface area contributed by atoms with Gasteiger partial charge in [0, 0.05) is 31.1 Å². The van der Waals surface area contributed by atoms with Crippen molar-refractivity contribution in [3.63, 3.8) is 0 Å². The molecule has 1 aliphatic heterocycles. The molecule has 474 valence electrons. The highest BCUT2D eigenvalue weighted by atomic mass is 19.1. The lowest BCUT2D eigenvalue weighted by molar-refractivity contribution is -0.139. The molecule has 85 heavy (non-hydrogen) atoms. The first kappa shape index (κ1) is 71.0. The van der Waals surface area contributed by atoms with Crippen LogP contribution in [0.4, 0.5) is 4.39 Å². The normalized spacial score (nSPS) is 17.8. The Bertz CT molecular complexity index is 2570. The molecule has 0 unspecified atom stereocenters. The number of likely N-dealkylation sites (N-methyl/N-ethyl adjacent to an activating group) is 1. The average Bonchev–Trinajstić information content (AvgIpc) is 3.44. The molecule has 0 aromatic heterocycles. The van der Waals surface area contributed by atoms with Gasteiger partial charge < -0.3 is 57.1 Å². The van der Waals surface area contributed by atoms with Gasteiger partial charge in [-0.05, 0) is 148 Å². The summed E-state index contributed by atoms with van der Waals surface area (Å²) in [5, 5.41) is 22.7. The number of carbonyl (C=O) groups is 9. The number of amides is 9. The molecule has 7 atom stereocenters.